The van der Waals surface area contributed by atoms with E-state index in [0.717, 1.165) is 18.5 Å². The van der Waals surface area contributed by atoms with E-state index in [2.05, 4.69) is 205 Å². The fourth-order valence-electron chi connectivity index (χ4n) is 10.2. The third-order valence-electron chi connectivity index (χ3n) is 12.7. The van der Waals surface area contributed by atoms with Crippen molar-refractivity contribution in [2.75, 3.05) is 4.90 Å². The smallest absolute Gasteiger partial charge is 0.0561 e. The lowest BCUT2D eigenvalue weighted by Gasteiger charge is -2.38. The zero-order chi connectivity index (χ0) is 36.7. The van der Waals surface area contributed by atoms with Gasteiger partial charge in [-0.1, -0.05) is 147 Å². The van der Waals surface area contributed by atoms with Gasteiger partial charge in [0.2, 0.25) is 0 Å². The van der Waals surface area contributed by atoms with E-state index in [0.29, 0.717) is 5.92 Å². The van der Waals surface area contributed by atoms with Crippen LogP contribution in [0, 0.1) is 5.92 Å². The highest BCUT2D eigenvalue weighted by Crippen LogP contribution is 2.57. The molecule has 11 rings (SSSR count). The Bertz CT molecular complexity index is 2960. The highest BCUT2D eigenvalue weighted by Gasteiger charge is 2.48. The van der Waals surface area contributed by atoms with Crippen LogP contribution in [0.5, 0.6) is 0 Å². The summed E-state index contributed by atoms with van der Waals surface area (Å²) in [6.07, 6.45) is 14.1. The number of para-hydroxylation sites is 1. The Labute approximate surface area is 322 Å². The first-order valence-electron chi connectivity index (χ1n) is 19.8. The third kappa shape index (κ3) is 4.87. The fraction of sp³-hybridized carbons (Fsp3) is 0.132. The Hall–Kier alpha value is -6.38. The van der Waals surface area contributed by atoms with Gasteiger partial charge in [0.1, 0.15) is 0 Å². The minimum atomic E-state index is 0.0128. The summed E-state index contributed by atoms with van der Waals surface area (Å²) in [5.41, 5.74) is 11.5. The maximum atomic E-state index is 2.55. The van der Waals surface area contributed by atoms with Gasteiger partial charge < -0.3 is 9.47 Å². The summed E-state index contributed by atoms with van der Waals surface area (Å²) in [4.78, 5) is 2.55. The van der Waals surface area contributed by atoms with Gasteiger partial charge in [-0.15, -0.1) is 0 Å². The number of fused-ring (bicyclic) bond motifs is 8. The lowest BCUT2D eigenvalue weighted by atomic mass is 9.73. The van der Waals surface area contributed by atoms with Crippen LogP contribution in [0.2, 0.25) is 0 Å². The molecule has 7 aromatic carbocycles. The molecular formula is C53H42N2. The number of rotatable bonds is 5. The molecule has 0 saturated heterocycles. The molecular weight excluding hydrogens is 665 g/mol. The van der Waals surface area contributed by atoms with Crippen LogP contribution in [0.3, 0.4) is 0 Å². The van der Waals surface area contributed by atoms with Gasteiger partial charge in [0, 0.05) is 44.6 Å². The lowest BCUT2D eigenvalue weighted by molar-refractivity contribution is 0.385. The molecule has 0 bridgehead atoms. The molecule has 0 N–H and O–H groups in total. The summed E-state index contributed by atoms with van der Waals surface area (Å²) >= 11 is 0. The van der Waals surface area contributed by atoms with Gasteiger partial charge in [0.15, 0.2) is 0 Å². The predicted molar refractivity (Wildman–Crippen MR) is 233 cm³/mol. The van der Waals surface area contributed by atoms with E-state index in [-0.39, 0.29) is 11.3 Å². The van der Waals surface area contributed by atoms with E-state index in [1.807, 2.05) is 0 Å². The van der Waals surface area contributed by atoms with Crippen molar-refractivity contribution in [2.24, 2.45) is 5.92 Å². The molecule has 1 aromatic heterocycles. The third-order valence-corrected chi connectivity index (χ3v) is 12.7. The highest BCUT2D eigenvalue weighted by molar-refractivity contribution is 6.12. The largest absolute Gasteiger partial charge is 0.314 e. The first kappa shape index (κ1) is 32.1. The van der Waals surface area contributed by atoms with Crippen molar-refractivity contribution in [1.82, 2.24) is 4.57 Å². The van der Waals surface area contributed by atoms with Gasteiger partial charge in [-0.25, -0.2) is 0 Å². The van der Waals surface area contributed by atoms with Crippen molar-refractivity contribution in [1.29, 1.82) is 0 Å². The number of hydrogen-bond donors (Lipinski definition) is 0. The van der Waals surface area contributed by atoms with Crippen LogP contribution < -0.4 is 15.5 Å². The quantitative estimate of drug-likeness (QED) is 0.162. The predicted octanol–water partition coefficient (Wildman–Crippen LogP) is 12.2. The van der Waals surface area contributed by atoms with Gasteiger partial charge in [-0.05, 0) is 117 Å². The van der Waals surface area contributed by atoms with Gasteiger partial charge in [0.25, 0.3) is 0 Å². The number of benzene rings is 7. The zero-order valence-corrected chi connectivity index (χ0v) is 31.3. The first-order valence-corrected chi connectivity index (χ1v) is 19.8. The molecule has 3 aliphatic rings. The second-order valence-corrected chi connectivity index (χ2v) is 16.0. The van der Waals surface area contributed by atoms with Crippen molar-refractivity contribution in [3.05, 3.63) is 197 Å². The number of anilines is 2. The molecule has 2 unspecified atom stereocenters. The van der Waals surface area contributed by atoms with Gasteiger partial charge >= 0.3 is 0 Å². The Kier molecular flexibility index (Phi) is 7.19. The molecule has 0 radical (unpaired) electrons. The van der Waals surface area contributed by atoms with Crippen LogP contribution in [0.25, 0.3) is 61.4 Å². The Balaban J connectivity index is 1.14. The Morgan fingerprint density at radius 2 is 1.29 bits per heavy atom. The summed E-state index contributed by atoms with van der Waals surface area (Å²) < 4.78 is 2.47. The average molecular weight is 707 g/mol. The molecule has 0 amide bonds. The van der Waals surface area contributed by atoms with Crippen LogP contribution in [0.4, 0.5) is 11.4 Å². The van der Waals surface area contributed by atoms with E-state index in [9.17, 15) is 0 Å². The zero-order valence-electron chi connectivity index (χ0n) is 31.3. The van der Waals surface area contributed by atoms with Crippen LogP contribution in [0.1, 0.15) is 43.7 Å². The van der Waals surface area contributed by atoms with Crippen LogP contribution >= 0.6 is 0 Å². The molecule has 8 aromatic rings. The van der Waals surface area contributed by atoms with Crippen molar-refractivity contribution < 1.29 is 0 Å². The Morgan fingerprint density at radius 3 is 2.07 bits per heavy atom. The molecule has 0 spiro atoms. The lowest BCUT2D eigenvalue weighted by Crippen LogP contribution is -2.30. The molecule has 2 heteroatoms. The molecule has 264 valence electrons. The van der Waals surface area contributed by atoms with Gasteiger partial charge in [-0.3, -0.25) is 0 Å². The van der Waals surface area contributed by atoms with Gasteiger partial charge in [-0.2, -0.15) is 0 Å². The Morgan fingerprint density at radius 1 is 0.618 bits per heavy atom. The molecule has 0 aliphatic heterocycles. The van der Waals surface area contributed by atoms with E-state index in [4.69, 9.17) is 0 Å². The first-order chi connectivity index (χ1) is 27.1. The minimum Gasteiger partial charge on any atom is -0.314 e. The summed E-state index contributed by atoms with van der Waals surface area (Å²) in [5, 5.41) is 9.05. The van der Waals surface area contributed by atoms with Crippen molar-refractivity contribution >= 4 is 56.0 Å². The van der Waals surface area contributed by atoms with Crippen molar-refractivity contribution in [3.8, 4) is 16.8 Å². The van der Waals surface area contributed by atoms with Gasteiger partial charge in [0.05, 0.1) is 5.52 Å². The molecule has 1 heterocycles. The number of aromatic nitrogens is 1. The van der Waals surface area contributed by atoms with Crippen LogP contribution in [-0.2, 0) is 5.41 Å². The molecule has 55 heavy (non-hydrogen) atoms. The number of nitrogens with zero attached hydrogens (tertiary/aromatic N) is 2. The van der Waals surface area contributed by atoms with Crippen molar-refractivity contribution in [2.45, 2.75) is 38.0 Å². The summed E-state index contributed by atoms with van der Waals surface area (Å²) in [5.74, 6) is 0.575. The van der Waals surface area contributed by atoms with E-state index >= 15 is 0 Å². The maximum Gasteiger partial charge on any atom is 0.0561 e. The number of allylic oxidation sites excluding steroid dienone is 4. The summed E-state index contributed by atoms with van der Waals surface area (Å²) in [6.45, 7) is 4.85. The monoisotopic (exact) mass is 706 g/mol. The summed E-state index contributed by atoms with van der Waals surface area (Å²) in [7, 11) is 0. The molecule has 2 atom stereocenters. The van der Waals surface area contributed by atoms with Crippen LogP contribution in [-0.4, -0.2) is 4.57 Å². The maximum absolute atomic E-state index is 2.55. The molecule has 0 fully saturated rings. The SMILES string of the molecule is CC1(C)c2ccccc2C2C(N(c3ccc(-c4c5ccccc5cc5ccccc45)cc3)c3ccc4c5c(n(-c6ccccc6)c4c3)=CCCC=5)=CC=CC21. The molecule has 2 nitrogen and oxygen atoms in total. The van der Waals surface area contributed by atoms with E-state index in [1.165, 1.54) is 82.3 Å². The highest BCUT2D eigenvalue weighted by atomic mass is 15.2. The minimum absolute atomic E-state index is 0.0128. The van der Waals surface area contributed by atoms with Crippen molar-refractivity contribution in [3.63, 3.8) is 0 Å². The molecule has 3 aliphatic carbocycles. The second kappa shape index (κ2) is 12.3. The van der Waals surface area contributed by atoms with E-state index < -0.39 is 0 Å². The topological polar surface area (TPSA) is 8.17 Å². The number of hydrogen-bond acceptors (Lipinski definition) is 1. The summed E-state index contributed by atoms with van der Waals surface area (Å²) in [6, 6.07) is 56.5. The normalized spacial score (nSPS) is 18.0. The second-order valence-electron chi connectivity index (χ2n) is 16.0. The van der Waals surface area contributed by atoms with E-state index in [1.54, 1.807) is 0 Å². The average Bonchev–Trinajstić information content (AvgIpc) is 3.69. The standard InChI is InChI=1S/C53H42N2/c1-53(2)46-23-12-10-22-45(46)52-47(53)24-14-26-49(52)54(40-31-32-44-43-21-11-13-25-48(43)55(50(44)34-40)38-17-4-3-5-18-38)39-29-27-35(28-30-39)51-41-19-8-6-15-36(41)33-37-16-7-9-20-42(37)51/h3-10,12,14-34,47,52H,11,13H2,1-2H3. The van der Waals surface area contributed by atoms with Crippen LogP contribution in [0.15, 0.2) is 176 Å². The fourth-order valence-corrected chi connectivity index (χ4v) is 10.2. The molecule has 0 saturated carbocycles.